The van der Waals surface area contributed by atoms with Gasteiger partial charge < -0.3 is 4.57 Å². The molecule has 0 N–H and O–H groups in total. The van der Waals surface area contributed by atoms with Gasteiger partial charge in [-0.2, -0.15) is 0 Å². The van der Waals surface area contributed by atoms with Crippen LogP contribution in [0.25, 0.3) is 27.5 Å². The van der Waals surface area contributed by atoms with Crippen LogP contribution in [0.3, 0.4) is 0 Å². The minimum atomic E-state index is 0.589. The van der Waals surface area contributed by atoms with Gasteiger partial charge in [0.15, 0.2) is 0 Å². The van der Waals surface area contributed by atoms with Crippen LogP contribution in [0.15, 0.2) is 55.1 Å². The van der Waals surface area contributed by atoms with Crippen LogP contribution < -0.4 is 0 Å². The van der Waals surface area contributed by atoms with Crippen LogP contribution in [-0.2, 0) is 0 Å². The maximum atomic E-state index is 4.29. The van der Waals surface area contributed by atoms with Crippen LogP contribution in [0.5, 0.6) is 0 Å². The Bertz CT molecular complexity index is 977. The molecule has 4 aromatic rings. The molecule has 3 aromatic heterocycles. The minimum absolute atomic E-state index is 0.589. The quantitative estimate of drug-likeness (QED) is 0.507. The molecule has 24 heavy (non-hydrogen) atoms. The third kappa shape index (κ3) is 2.20. The van der Waals surface area contributed by atoms with E-state index in [1.807, 2.05) is 24.8 Å². The maximum Gasteiger partial charge on any atom is 0.0572 e. The van der Waals surface area contributed by atoms with Gasteiger partial charge in [0.1, 0.15) is 0 Å². The number of pyridine rings is 2. The highest BCUT2D eigenvalue weighted by Gasteiger charge is 2.13. The highest BCUT2D eigenvalue weighted by molar-refractivity contribution is 6.08. The van der Waals surface area contributed by atoms with E-state index in [0.29, 0.717) is 5.92 Å². The van der Waals surface area contributed by atoms with E-state index in [0.717, 1.165) is 17.2 Å². The first kappa shape index (κ1) is 14.9. The predicted molar refractivity (Wildman–Crippen MR) is 99.8 cm³/mol. The topological polar surface area (TPSA) is 30.7 Å². The van der Waals surface area contributed by atoms with E-state index in [1.54, 1.807) is 0 Å². The molecule has 0 saturated carbocycles. The van der Waals surface area contributed by atoms with Crippen molar-refractivity contribution in [3.63, 3.8) is 0 Å². The average Bonchev–Trinajstić information content (AvgIpc) is 2.95. The molecule has 0 aliphatic heterocycles. The zero-order valence-corrected chi connectivity index (χ0v) is 14.3. The summed E-state index contributed by atoms with van der Waals surface area (Å²) in [5.41, 5.74) is 6.31. The number of hydrogen-bond donors (Lipinski definition) is 0. The lowest BCUT2D eigenvalue weighted by Gasteiger charge is -2.15. The van der Waals surface area contributed by atoms with Gasteiger partial charge in [0.2, 0.25) is 0 Å². The fourth-order valence-electron chi connectivity index (χ4n) is 3.56. The van der Waals surface area contributed by atoms with Crippen molar-refractivity contribution in [2.75, 3.05) is 0 Å². The standard InChI is InChI=1S/C21H21N3/c1-4-14(2)17-6-5-16(11-15(17)3)24-20-7-9-22-12-18(20)19-13-23-10-8-21(19)24/h5-14H,4H2,1-3H3. The van der Waals surface area contributed by atoms with E-state index in [9.17, 15) is 0 Å². The summed E-state index contributed by atoms with van der Waals surface area (Å²) < 4.78 is 2.31. The van der Waals surface area contributed by atoms with Gasteiger partial charge in [0, 0.05) is 41.2 Å². The van der Waals surface area contributed by atoms with Crippen LogP contribution in [0.1, 0.15) is 37.3 Å². The van der Waals surface area contributed by atoms with E-state index in [-0.39, 0.29) is 0 Å². The molecule has 0 bridgehead atoms. The Hall–Kier alpha value is -2.68. The van der Waals surface area contributed by atoms with Crippen molar-refractivity contribution in [1.82, 2.24) is 14.5 Å². The molecule has 0 spiro atoms. The summed E-state index contributed by atoms with van der Waals surface area (Å²) in [6.07, 6.45) is 8.72. The fourth-order valence-corrected chi connectivity index (χ4v) is 3.56. The van der Waals surface area contributed by atoms with E-state index in [4.69, 9.17) is 0 Å². The van der Waals surface area contributed by atoms with Gasteiger partial charge in [-0.25, -0.2) is 0 Å². The molecule has 0 amide bonds. The van der Waals surface area contributed by atoms with Gasteiger partial charge in [-0.05, 0) is 54.7 Å². The SMILES string of the molecule is CCC(C)c1ccc(-n2c3ccncc3c3cnccc32)cc1C. The summed E-state index contributed by atoms with van der Waals surface area (Å²) in [6, 6.07) is 11.0. The molecule has 4 rings (SSSR count). The molecule has 3 heteroatoms. The van der Waals surface area contributed by atoms with Crippen molar-refractivity contribution in [3.05, 3.63) is 66.2 Å². The largest absolute Gasteiger partial charge is 0.309 e. The zero-order valence-electron chi connectivity index (χ0n) is 14.3. The van der Waals surface area contributed by atoms with E-state index >= 15 is 0 Å². The van der Waals surface area contributed by atoms with Gasteiger partial charge in [-0.15, -0.1) is 0 Å². The highest BCUT2D eigenvalue weighted by Crippen LogP contribution is 2.32. The Kier molecular flexibility index (Phi) is 3.57. The number of benzene rings is 1. The molecule has 0 aliphatic carbocycles. The Morgan fingerprint density at radius 3 is 2.12 bits per heavy atom. The number of nitrogens with zero attached hydrogens (tertiary/aromatic N) is 3. The smallest absolute Gasteiger partial charge is 0.0572 e. The zero-order chi connectivity index (χ0) is 16.7. The molecule has 3 heterocycles. The number of aryl methyl sites for hydroxylation is 1. The lowest BCUT2D eigenvalue weighted by molar-refractivity contribution is 0.728. The maximum absolute atomic E-state index is 4.29. The van der Waals surface area contributed by atoms with E-state index < -0.39 is 0 Å². The normalized spacial score (nSPS) is 12.8. The van der Waals surface area contributed by atoms with Crippen LogP contribution in [-0.4, -0.2) is 14.5 Å². The Morgan fingerprint density at radius 2 is 1.58 bits per heavy atom. The van der Waals surface area contributed by atoms with Crippen LogP contribution >= 0.6 is 0 Å². The Balaban J connectivity index is 2.00. The van der Waals surface area contributed by atoms with Gasteiger partial charge in [0.05, 0.1) is 11.0 Å². The molecule has 120 valence electrons. The first-order chi connectivity index (χ1) is 11.7. The monoisotopic (exact) mass is 315 g/mol. The first-order valence-electron chi connectivity index (χ1n) is 8.49. The van der Waals surface area contributed by atoms with Crippen LogP contribution in [0.2, 0.25) is 0 Å². The second kappa shape index (κ2) is 5.75. The van der Waals surface area contributed by atoms with Gasteiger partial charge in [-0.1, -0.05) is 19.9 Å². The summed E-state index contributed by atoms with van der Waals surface area (Å²) >= 11 is 0. The van der Waals surface area contributed by atoms with Crippen molar-refractivity contribution in [2.45, 2.75) is 33.1 Å². The van der Waals surface area contributed by atoms with Crippen molar-refractivity contribution < 1.29 is 0 Å². The average molecular weight is 315 g/mol. The highest BCUT2D eigenvalue weighted by atomic mass is 15.0. The van der Waals surface area contributed by atoms with E-state index in [2.05, 4.69) is 65.6 Å². The molecular formula is C21H21N3. The summed E-state index contributed by atoms with van der Waals surface area (Å²) in [5, 5.41) is 2.29. The van der Waals surface area contributed by atoms with Crippen molar-refractivity contribution in [3.8, 4) is 5.69 Å². The lowest BCUT2D eigenvalue weighted by atomic mass is 9.94. The lowest BCUT2D eigenvalue weighted by Crippen LogP contribution is -1.99. The minimum Gasteiger partial charge on any atom is -0.309 e. The van der Waals surface area contributed by atoms with Crippen molar-refractivity contribution in [1.29, 1.82) is 0 Å². The third-order valence-corrected chi connectivity index (χ3v) is 5.02. The van der Waals surface area contributed by atoms with Crippen molar-refractivity contribution >= 4 is 21.8 Å². The van der Waals surface area contributed by atoms with E-state index in [1.165, 1.54) is 27.8 Å². The Morgan fingerprint density at radius 1 is 0.958 bits per heavy atom. The molecule has 1 unspecified atom stereocenters. The number of aromatic nitrogens is 3. The summed E-state index contributed by atoms with van der Waals surface area (Å²) in [4.78, 5) is 8.59. The van der Waals surface area contributed by atoms with Gasteiger partial charge >= 0.3 is 0 Å². The Labute approximate surface area is 142 Å². The number of rotatable bonds is 3. The van der Waals surface area contributed by atoms with Gasteiger partial charge in [0.25, 0.3) is 0 Å². The second-order valence-corrected chi connectivity index (χ2v) is 6.47. The van der Waals surface area contributed by atoms with Crippen molar-refractivity contribution in [2.24, 2.45) is 0 Å². The summed E-state index contributed by atoms with van der Waals surface area (Å²) in [6.45, 7) is 6.74. The predicted octanol–water partition coefficient (Wildman–Crippen LogP) is 5.40. The van der Waals surface area contributed by atoms with Crippen LogP contribution in [0.4, 0.5) is 0 Å². The number of hydrogen-bond acceptors (Lipinski definition) is 2. The fraction of sp³-hybridized carbons (Fsp3) is 0.238. The molecule has 0 aliphatic rings. The number of fused-ring (bicyclic) bond motifs is 3. The summed E-state index contributed by atoms with van der Waals surface area (Å²) in [7, 11) is 0. The first-order valence-corrected chi connectivity index (χ1v) is 8.49. The van der Waals surface area contributed by atoms with Crippen LogP contribution in [0, 0.1) is 6.92 Å². The summed E-state index contributed by atoms with van der Waals surface area (Å²) in [5.74, 6) is 0.589. The molecular weight excluding hydrogens is 294 g/mol. The molecule has 3 nitrogen and oxygen atoms in total. The molecule has 0 fully saturated rings. The molecule has 0 saturated heterocycles. The molecule has 1 atom stereocenters. The molecule has 0 radical (unpaired) electrons. The molecule has 1 aromatic carbocycles. The van der Waals surface area contributed by atoms with Gasteiger partial charge in [-0.3, -0.25) is 9.97 Å². The second-order valence-electron chi connectivity index (χ2n) is 6.47. The third-order valence-electron chi connectivity index (χ3n) is 5.02.